The number of hydrogen-bond acceptors (Lipinski definition) is 3. The maximum atomic E-state index is 12.4. The van der Waals surface area contributed by atoms with Crippen molar-refractivity contribution in [1.29, 1.82) is 0 Å². The van der Waals surface area contributed by atoms with Crippen LogP contribution in [0.1, 0.15) is 11.1 Å². The summed E-state index contributed by atoms with van der Waals surface area (Å²) in [6.07, 6.45) is 0. The Kier molecular flexibility index (Phi) is 5.64. The van der Waals surface area contributed by atoms with Gasteiger partial charge < -0.3 is 15.0 Å². The van der Waals surface area contributed by atoms with Crippen molar-refractivity contribution in [2.24, 2.45) is 0 Å². The third-order valence-electron chi connectivity index (χ3n) is 3.91. The lowest BCUT2D eigenvalue weighted by molar-refractivity contribution is 0.216. The molecule has 0 bridgehead atoms. The van der Waals surface area contributed by atoms with E-state index in [1.807, 2.05) is 72.1 Å². The highest BCUT2D eigenvalue weighted by atomic mass is 32.2. The molecule has 1 aliphatic heterocycles. The molecule has 2 aromatic carbocycles. The highest BCUT2D eigenvalue weighted by molar-refractivity contribution is 7.99. The Bertz CT molecular complexity index is 685. The molecule has 24 heavy (non-hydrogen) atoms. The zero-order valence-electron chi connectivity index (χ0n) is 13.8. The molecule has 4 nitrogen and oxygen atoms in total. The van der Waals surface area contributed by atoms with Crippen LogP contribution in [-0.2, 0) is 6.61 Å². The van der Waals surface area contributed by atoms with Crippen LogP contribution in [0.5, 0.6) is 5.75 Å². The highest BCUT2D eigenvalue weighted by Gasteiger charge is 2.18. The van der Waals surface area contributed by atoms with Crippen LogP contribution in [0.25, 0.3) is 0 Å². The maximum Gasteiger partial charge on any atom is 0.322 e. The van der Waals surface area contributed by atoms with Crippen molar-refractivity contribution in [3.8, 4) is 5.75 Å². The van der Waals surface area contributed by atoms with E-state index >= 15 is 0 Å². The summed E-state index contributed by atoms with van der Waals surface area (Å²) in [5.41, 5.74) is 2.93. The van der Waals surface area contributed by atoms with Gasteiger partial charge in [0.15, 0.2) is 0 Å². The number of anilines is 1. The van der Waals surface area contributed by atoms with Gasteiger partial charge in [-0.15, -0.1) is 0 Å². The van der Waals surface area contributed by atoms with Crippen LogP contribution in [0.4, 0.5) is 10.5 Å². The van der Waals surface area contributed by atoms with Gasteiger partial charge in [-0.3, -0.25) is 0 Å². The first kappa shape index (κ1) is 16.7. The second-order valence-electron chi connectivity index (χ2n) is 5.80. The number of aryl methyl sites for hydroxylation is 1. The summed E-state index contributed by atoms with van der Waals surface area (Å²) in [6.45, 7) is 4.08. The first-order chi connectivity index (χ1) is 11.7. The third-order valence-corrected chi connectivity index (χ3v) is 4.86. The van der Waals surface area contributed by atoms with Crippen LogP contribution >= 0.6 is 11.8 Å². The van der Waals surface area contributed by atoms with Gasteiger partial charge in [0.2, 0.25) is 0 Å². The topological polar surface area (TPSA) is 41.6 Å². The molecule has 2 aromatic rings. The predicted molar refractivity (Wildman–Crippen MR) is 99.9 cm³/mol. The van der Waals surface area contributed by atoms with E-state index in [9.17, 15) is 4.79 Å². The predicted octanol–water partition coefficient (Wildman–Crippen LogP) is 4.15. The van der Waals surface area contributed by atoms with Gasteiger partial charge in [0.25, 0.3) is 0 Å². The van der Waals surface area contributed by atoms with Crippen molar-refractivity contribution < 1.29 is 9.53 Å². The van der Waals surface area contributed by atoms with Crippen molar-refractivity contribution in [2.45, 2.75) is 13.5 Å². The zero-order chi connectivity index (χ0) is 16.8. The second kappa shape index (κ2) is 8.11. The number of urea groups is 1. The number of ether oxygens (including phenoxy) is 1. The van der Waals surface area contributed by atoms with Crippen LogP contribution < -0.4 is 10.1 Å². The molecule has 0 unspecified atom stereocenters. The SMILES string of the molecule is Cc1ccc(NC(=O)N2CCSCC2)c(OCc2ccccc2)c1. The van der Waals surface area contributed by atoms with E-state index in [0.717, 1.165) is 41.4 Å². The summed E-state index contributed by atoms with van der Waals surface area (Å²) in [6, 6.07) is 15.8. The largest absolute Gasteiger partial charge is 0.487 e. The first-order valence-corrected chi connectivity index (χ1v) is 9.29. The molecule has 1 saturated heterocycles. The monoisotopic (exact) mass is 342 g/mol. The molecule has 0 spiro atoms. The third kappa shape index (κ3) is 4.45. The van der Waals surface area contributed by atoms with Crippen molar-refractivity contribution in [2.75, 3.05) is 29.9 Å². The highest BCUT2D eigenvalue weighted by Crippen LogP contribution is 2.27. The number of hydrogen-bond donors (Lipinski definition) is 1. The Labute approximate surface area is 147 Å². The van der Waals surface area contributed by atoms with Crippen molar-refractivity contribution >= 4 is 23.5 Å². The molecule has 2 amide bonds. The quantitative estimate of drug-likeness (QED) is 0.907. The fraction of sp³-hybridized carbons (Fsp3) is 0.316. The molecule has 3 rings (SSSR count). The summed E-state index contributed by atoms with van der Waals surface area (Å²) in [7, 11) is 0. The van der Waals surface area contributed by atoms with Crippen molar-refractivity contribution in [3.63, 3.8) is 0 Å². The first-order valence-electron chi connectivity index (χ1n) is 8.13. The van der Waals surface area contributed by atoms with E-state index in [0.29, 0.717) is 12.4 Å². The van der Waals surface area contributed by atoms with Gasteiger partial charge in [0.05, 0.1) is 5.69 Å². The standard InChI is InChI=1S/C19H22N2O2S/c1-15-7-8-17(20-19(22)21-9-11-24-12-10-21)18(13-15)23-14-16-5-3-2-4-6-16/h2-8,13H,9-12,14H2,1H3,(H,20,22). The molecular formula is C19H22N2O2S. The molecular weight excluding hydrogens is 320 g/mol. The van der Waals surface area contributed by atoms with Crippen LogP contribution in [0.2, 0.25) is 0 Å². The Morgan fingerprint density at radius 3 is 2.67 bits per heavy atom. The van der Waals surface area contributed by atoms with E-state index in [2.05, 4.69) is 5.32 Å². The van der Waals surface area contributed by atoms with Gasteiger partial charge in [0, 0.05) is 24.6 Å². The van der Waals surface area contributed by atoms with E-state index in [4.69, 9.17) is 4.74 Å². The molecule has 126 valence electrons. The van der Waals surface area contributed by atoms with Crippen LogP contribution in [0, 0.1) is 6.92 Å². The molecule has 0 saturated carbocycles. The van der Waals surface area contributed by atoms with Gasteiger partial charge >= 0.3 is 6.03 Å². The van der Waals surface area contributed by atoms with Gasteiger partial charge in [-0.25, -0.2) is 4.79 Å². The van der Waals surface area contributed by atoms with Crippen LogP contribution in [0.15, 0.2) is 48.5 Å². The lowest BCUT2D eigenvalue weighted by Crippen LogP contribution is -2.40. The van der Waals surface area contributed by atoms with Gasteiger partial charge in [-0.1, -0.05) is 36.4 Å². The number of nitrogens with one attached hydrogen (secondary N) is 1. The number of carbonyl (C=O) groups excluding carboxylic acids is 1. The molecule has 0 atom stereocenters. The summed E-state index contributed by atoms with van der Waals surface area (Å²) >= 11 is 1.89. The minimum Gasteiger partial charge on any atom is -0.487 e. The van der Waals surface area contributed by atoms with Crippen LogP contribution in [-0.4, -0.2) is 35.5 Å². The molecule has 1 fully saturated rings. The number of carbonyl (C=O) groups is 1. The second-order valence-corrected chi connectivity index (χ2v) is 7.03. The van der Waals surface area contributed by atoms with E-state index < -0.39 is 0 Å². The van der Waals surface area contributed by atoms with E-state index in [-0.39, 0.29) is 6.03 Å². The molecule has 0 aromatic heterocycles. The average Bonchev–Trinajstić information content (AvgIpc) is 2.63. The Hall–Kier alpha value is -2.14. The summed E-state index contributed by atoms with van der Waals surface area (Å²) in [4.78, 5) is 14.3. The number of rotatable bonds is 4. The molecule has 1 heterocycles. The lowest BCUT2D eigenvalue weighted by atomic mass is 10.2. The molecule has 0 aliphatic carbocycles. The molecule has 1 N–H and O–H groups in total. The van der Waals surface area contributed by atoms with Gasteiger partial charge in [0.1, 0.15) is 12.4 Å². The van der Waals surface area contributed by atoms with Crippen molar-refractivity contribution in [1.82, 2.24) is 4.90 Å². The van der Waals surface area contributed by atoms with E-state index in [1.165, 1.54) is 0 Å². The van der Waals surface area contributed by atoms with E-state index in [1.54, 1.807) is 0 Å². The molecule has 5 heteroatoms. The minimum atomic E-state index is -0.0521. The fourth-order valence-corrected chi connectivity index (χ4v) is 3.45. The molecule has 1 aliphatic rings. The summed E-state index contributed by atoms with van der Waals surface area (Å²) in [5.74, 6) is 2.70. The summed E-state index contributed by atoms with van der Waals surface area (Å²) < 4.78 is 5.95. The Morgan fingerprint density at radius 2 is 1.92 bits per heavy atom. The van der Waals surface area contributed by atoms with Crippen molar-refractivity contribution in [3.05, 3.63) is 59.7 Å². The van der Waals surface area contributed by atoms with Crippen LogP contribution in [0.3, 0.4) is 0 Å². The number of nitrogens with zero attached hydrogens (tertiary/aromatic N) is 1. The number of benzene rings is 2. The smallest absolute Gasteiger partial charge is 0.322 e. The molecule has 0 radical (unpaired) electrons. The van der Waals surface area contributed by atoms with Gasteiger partial charge in [-0.2, -0.15) is 11.8 Å². The number of amides is 2. The van der Waals surface area contributed by atoms with Gasteiger partial charge in [-0.05, 0) is 30.2 Å². The lowest BCUT2D eigenvalue weighted by Gasteiger charge is -2.27. The normalized spacial score (nSPS) is 14.3. The summed E-state index contributed by atoms with van der Waals surface area (Å²) in [5, 5.41) is 3.00. The minimum absolute atomic E-state index is 0.0521. The Morgan fingerprint density at radius 1 is 1.17 bits per heavy atom. The average molecular weight is 342 g/mol. The maximum absolute atomic E-state index is 12.4. The zero-order valence-corrected chi connectivity index (χ0v) is 14.6. The fourth-order valence-electron chi connectivity index (χ4n) is 2.55. The number of thioether (sulfide) groups is 1. The Balaban J connectivity index is 1.69.